The number of carbonyl (C=O) groups excluding carboxylic acids is 1. The summed E-state index contributed by atoms with van der Waals surface area (Å²) in [5.74, 6) is -0.200. The molecule has 1 heterocycles. The first-order chi connectivity index (χ1) is 15.4. The molecule has 0 atom stereocenters. The molecule has 10 nitrogen and oxygen atoms in total. The lowest BCUT2D eigenvalue weighted by Gasteiger charge is -2.12. The molecule has 0 radical (unpaired) electrons. The number of rotatable bonds is 8. The third-order valence-corrected chi connectivity index (χ3v) is 7.41. The van der Waals surface area contributed by atoms with Gasteiger partial charge in [0, 0.05) is 13.5 Å². The standard InChI is InChI=1S/C21H24N4O6S2/c1-13-4-7-17(20-14(2)25-31-21(20)24-15(3)26)12-19(13)33(29,30)23-11-10-16-5-8-18(9-6-16)32(22,27)28/h4-9,12,23H,10-11H2,1-3H3,(H,24,26)(H2,22,27,28). The highest BCUT2D eigenvalue weighted by Crippen LogP contribution is 2.33. The SMILES string of the molecule is CC(=O)Nc1onc(C)c1-c1ccc(C)c(S(=O)(=O)NCCc2ccc(S(N)(=O)=O)cc2)c1. The molecule has 0 unspecified atom stereocenters. The second-order valence-corrected chi connectivity index (χ2v) is 10.8. The van der Waals surface area contributed by atoms with E-state index in [-0.39, 0.29) is 28.1 Å². The van der Waals surface area contributed by atoms with Crippen LogP contribution in [0, 0.1) is 13.8 Å². The summed E-state index contributed by atoms with van der Waals surface area (Å²) in [5.41, 5.74) is 2.81. The average Bonchev–Trinajstić information content (AvgIpc) is 3.07. The Hall–Kier alpha value is -3.06. The zero-order valence-corrected chi connectivity index (χ0v) is 19.9. The van der Waals surface area contributed by atoms with Gasteiger partial charge >= 0.3 is 0 Å². The molecule has 1 aromatic heterocycles. The summed E-state index contributed by atoms with van der Waals surface area (Å²) in [6.45, 7) is 4.81. The van der Waals surface area contributed by atoms with Crippen LogP contribution >= 0.6 is 0 Å². The van der Waals surface area contributed by atoms with Crippen molar-refractivity contribution in [2.24, 2.45) is 5.14 Å². The lowest BCUT2D eigenvalue weighted by atomic mass is 10.0. The van der Waals surface area contributed by atoms with Crippen LogP contribution in [0.1, 0.15) is 23.7 Å². The lowest BCUT2D eigenvalue weighted by Crippen LogP contribution is -2.26. The van der Waals surface area contributed by atoms with Crippen LogP contribution in [0.15, 0.2) is 56.8 Å². The van der Waals surface area contributed by atoms with E-state index in [1.807, 2.05) is 0 Å². The minimum Gasteiger partial charge on any atom is -0.337 e. The van der Waals surface area contributed by atoms with Gasteiger partial charge in [0.15, 0.2) is 0 Å². The number of hydrogen-bond donors (Lipinski definition) is 3. The van der Waals surface area contributed by atoms with E-state index in [2.05, 4.69) is 15.2 Å². The van der Waals surface area contributed by atoms with E-state index in [0.717, 1.165) is 5.56 Å². The third kappa shape index (κ3) is 5.85. The van der Waals surface area contributed by atoms with Gasteiger partial charge in [-0.05, 0) is 55.2 Å². The van der Waals surface area contributed by atoms with Crippen molar-refractivity contribution in [3.05, 3.63) is 59.3 Å². The Morgan fingerprint density at radius 1 is 1.06 bits per heavy atom. The van der Waals surface area contributed by atoms with Gasteiger partial charge in [-0.3, -0.25) is 10.1 Å². The van der Waals surface area contributed by atoms with Crippen LogP contribution in [0.3, 0.4) is 0 Å². The average molecular weight is 493 g/mol. The maximum atomic E-state index is 13.0. The number of carbonyl (C=O) groups is 1. The van der Waals surface area contributed by atoms with E-state index in [0.29, 0.717) is 28.8 Å². The first kappa shape index (κ1) is 24.6. The van der Waals surface area contributed by atoms with Gasteiger partial charge in [0.25, 0.3) is 0 Å². The van der Waals surface area contributed by atoms with Gasteiger partial charge in [0.2, 0.25) is 31.8 Å². The van der Waals surface area contributed by atoms with Crippen LogP contribution < -0.4 is 15.2 Å². The summed E-state index contributed by atoms with van der Waals surface area (Å²) in [6, 6.07) is 10.8. The zero-order chi connectivity index (χ0) is 24.4. The Bertz CT molecular complexity index is 1400. The smallest absolute Gasteiger partial charge is 0.240 e. The normalized spacial score (nSPS) is 12.0. The largest absolute Gasteiger partial charge is 0.337 e. The van der Waals surface area contributed by atoms with Gasteiger partial charge in [-0.2, -0.15) is 0 Å². The molecular weight excluding hydrogens is 468 g/mol. The molecule has 4 N–H and O–H groups in total. The summed E-state index contributed by atoms with van der Waals surface area (Å²) in [5, 5.41) is 11.5. The number of hydrogen-bond acceptors (Lipinski definition) is 7. The Kier molecular flexibility index (Phi) is 7.03. The molecule has 0 aliphatic heterocycles. The van der Waals surface area contributed by atoms with Crippen molar-refractivity contribution < 1.29 is 26.2 Å². The Labute approximate surface area is 192 Å². The van der Waals surface area contributed by atoms with Crippen molar-refractivity contribution in [1.29, 1.82) is 0 Å². The van der Waals surface area contributed by atoms with Gasteiger partial charge in [0.05, 0.1) is 21.0 Å². The highest BCUT2D eigenvalue weighted by Gasteiger charge is 2.21. The van der Waals surface area contributed by atoms with E-state index in [1.165, 1.54) is 25.1 Å². The second-order valence-electron chi connectivity index (χ2n) is 7.47. The van der Waals surface area contributed by atoms with Gasteiger partial charge in [0.1, 0.15) is 0 Å². The van der Waals surface area contributed by atoms with Crippen molar-refractivity contribution in [1.82, 2.24) is 9.88 Å². The molecule has 176 valence electrons. The van der Waals surface area contributed by atoms with E-state index < -0.39 is 20.0 Å². The predicted molar refractivity (Wildman–Crippen MR) is 122 cm³/mol. The van der Waals surface area contributed by atoms with Crippen LogP contribution in [-0.2, 0) is 31.3 Å². The molecule has 33 heavy (non-hydrogen) atoms. The number of nitrogens with zero attached hydrogens (tertiary/aromatic N) is 1. The monoisotopic (exact) mass is 492 g/mol. The van der Waals surface area contributed by atoms with Crippen LogP contribution in [-0.4, -0.2) is 34.4 Å². The van der Waals surface area contributed by atoms with Crippen LogP contribution in [0.5, 0.6) is 0 Å². The molecule has 2 aromatic carbocycles. The molecule has 0 aliphatic rings. The zero-order valence-electron chi connectivity index (χ0n) is 18.2. The molecular formula is C21H24N4O6S2. The van der Waals surface area contributed by atoms with Gasteiger partial charge in [-0.15, -0.1) is 0 Å². The van der Waals surface area contributed by atoms with Gasteiger partial charge < -0.3 is 4.52 Å². The number of aryl methyl sites for hydroxylation is 2. The summed E-state index contributed by atoms with van der Waals surface area (Å²) in [7, 11) is -7.64. The molecule has 1 amide bonds. The molecule has 0 aliphatic carbocycles. The molecule has 0 spiro atoms. The Morgan fingerprint density at radius 2 is 1.73 bits per heavy atom. The minimum absolute atomic E-state index is 0.0121. The highest BCUT2D eigenvalue weighted by molar-refractivity contribution is 7.89. The molecule has 0 saturated carbocycles. The minimum atomic E-state index is -3.86. The molecule has 3 aromatic rings. The topological polar surface area (TPSA) is 161 Å². The fraction of sp³-hybridized carbons (Fsp3) is 0.238. The molecule has 0 bridgehead atoms. The Morgan fingerprint density at radius 3 is 2.33 bits per heavy atom. The number of sulfonamides is 2. The van der Waals surface area contributed by atoms with Crippen molar-refractivity contribution in [2.75, 3.05) is 11.9 Å². The van der Waals surface area contributed by atoms with E-state index in [4.69, 9.17) is 9.66 Å². The highest BCUT2D eigenvalue weighted by atomic mass is 32.2. The fourth-order valence-electron chi connectivity index (χ4n) is 3.25. The van der Waals surface area contributed by atoms with Crippen molar-refractivity contribution in [3.8, 4) is 11.1 Å². The van der Waals surface area contributed by atoms with Crippen LogP contribution in [0.25, 0.3) is 11.1 Å². The number of amides is 1. The summed E-state index contributed by atoms with van der Waals surface area (Å²) < 4.78 is 56.4. The number of anilines is 1. The van der Waals surface area contributed by atoms with E-state index >= 15 is 0 Å². The molecule has 3 rings (SSSR count). The first-order valence-electron chi connectivity index (χ1n) is 9.85. The molecule has 0 fully saturated rings. The van der Waals surface area contributed by atoms with Crippen molar-refractivity contribution in [3.63, 3.8) is 0 Å². The maximum absolute atomic E-state index is 13.0. The van der Waals surface area contributed by atoms with Gasteiger partial charge in [-0.25, -0.2) is 26.7 Å². The number of benzene rings is 2. The van der Waals surface area contributed by atoms with Crippen molar-refractivity contribution >= 4 is 31.8 Å². The number of aromatic nitrogens is 1. The predicted octanol–water partition coefficient (Wildman–Crippen LogP) is 2.09. The summed E-state index contributed by atoms with van der Waals surface area (Å²) >= 11 is 0. The number of primary sulfonamides is 1. The van der Waals surface area contributed by atoms with Gasteiger partial charge in [-0.1, -0.05) is 29.4 Å². The third-order valence-electron chi connectivity index (χ3n) is 4.88. The van der Waals surface area contributed by atoms with E-state index in [9.17, 15) is 21.6 Å². The first-order valence-corrected chi connectivity index (χ1v) is 12.9. The quantitative estimate of drug-likeness (QED) is 0.434. The van der Waals surface area contributed by atoms with E-state index in [1.54, 1.807) is 38.1 Å². The number of nitrogens with one attached hydrogen (secondary N) is 2. The van der Waals surface area contributed by atoms with Crippen molar-refractivity contribution in [2.45, 2.75) is 37.0 Å². The number of nitrogens with two attached hydrogens (primary N) is 1. The second kappa shape index (κ2) is 9.43. The summed E-state index contributed by atoms with van der Waals surface area (Å²) in [6.07, 6.45) is 0.348. The molecule has 12 heteroatoms. The summed E-state index contributed by atoms with van der Waals surface area (Å²) in [4.78, 5) is 11.5. The van der Waals surface area contributed by atoms with Crippen LogP contribution in [0.4, 0.5) is 5.88 Å². The van der Waals surface area contributed by atoms with Crippen LogP contribution in [0.2, 0.25) is 0 Å². The Balaban J connectivity index is 1.80. The fourth-order valence-corrected chi connectivity index (χ4v) is 5.07. The maximum Gasteiger partial charge on any atom is 0.240 e. The lowest BCUT2D eigenvalue weighted by molar-refractivity contribution is -0.114. The molecule has 0 saturated heterocycles.